The third kappa shape index (κ3) is 5.96. The molecule has 2 amide bonds. The van der Waals surface area contributed by atoms with Crippen LogP contribution in [0.1, 0.15) is 66.4 Å². The third-order valence-corrected chi connectivity index (χ3v) is 10.8. The summed E-state index contributed by atoms with van der Waals surface area (Å²) >= 11 is 6.62. The van der Waals surface area contributed by atoms with Gasteiger partial charge in [-0.15, -0.1) is 0 Å². The highest BCUT2D eigenvalue weighted by Gasteiger charge is 2.50. The van der Waals surface area contributed by atoms with Gasteiger partial charge in [0, 0.05) is 60.3 Å². The molecule has 1 aliphatic carbocycles. The van der Waals surface area contributed by atoms with Crippen molar-refractivity contribution in [3.63, 3.8) is 0 Å². The Hall–Kier alpha value is -3.73. The molecule has 3 atom stereocenters. The van der Waals surface area contributed by atoms with Crippen molar-refractivity contribution in [3.8, 4) is 22.6 Å². The maximum Gasteiger partial charge on any atom is 0.249 e. The lowest BCUT2D eigenvalue weighted by Gasteiger charge is -2.37. The molecule has 1 saturated heterocycles. The maximum atomic E-state index is 16.0. The SMILES string of the molecule is COc1ccc(C(N)=O)c(-c2c(Cl)c(F)cc3c2[C@H](C)[C@@](CNC2CCC(C(=O)N4CC[C@H](CN)C4)CC2)(c2ccccc2)O3)c1F. The summed E-state index contributed by atoms with van der Waals surface area (Å²) in [6, 6.07) is 13.6. The zero-order valence-corrected chi connectivity index (χ0v) is 27.4. The minimum absolute atomic E-state index is 0.00320. The van der Waals surface area contributed by atoms with Crippen LogP contribution in [-0.2, 0) is 10.4 Å². The number of carbonyl (C=O) groups excluding carboxylic acids is 2. The average molecular weight is 667 g/mol. The van der Waals surface area contributed by atoms with Crippen molar-refractivity contribution in [1.82, 2.24) is 10.2 Å². The molecule has 5 N–H and O–H groups in total. The van der Waals surface area contributed by atoms with Crippen molar-refractivity contribution < 1.29 is 27.8 Å². The van der Waals surface area contributed by atoms with Gasteiger partial charge in [-0.05, 0) is 62.3 Å². The number of hydrogen-bond acceptors (Lipinski definition) is 6. The first kappa shape index (κ1) is 33.2. The number of halogens is 3. The van der Waals surface area contributed by atoms with Gasteiger partial charge in [-0.25, -0.2) is 8.78 Å². The predicted octanol–water partition coefficient (Wildman–Crippen LogP) is 5.74. The number of nitrogens with one attached hydrogen (secondary N) is 1. The fourth-order valence-electron chi connectivity index (χ4n) is 7.70. The molecule has 2 aliphatic heterocycles. The molecule has 11 heteroatoms. The van der Waals surface area contributed by atoms with Gasteiger partial charge >= 0.3 is 0 Å². The molecule has 2 fully saturated rings. The Morgan fingerprint density at radius 1 is 1.09 bits per heavy atom. The Morgan fingerprint density at radius 3 is 2.45 bits per heavy atom. The number of amides is 2. The average Bonchev–Trinajstić information content (AvgIpc) is 3.68. The molecule has 0 spiro atoms. The number of methoxy groups -OCH3 is 1. The van der Waals surface area contributed by atoms with Crippen molar-refractivity contribution in [2.75, 3.05) is 33.3 Å². The van der Waals surface area contributed by atoms with E-state index in [1.165, 1.54) is 25.3 Å². The number of likely N-dealkylation sites (tertiary alicyclic amines) is 1. The molecule has 0 radical (unpaired) electrons. The first-order valence-electron chi connectivity index (χ1n) is 16.2. The van der Waals surface area contributed by atoms with Gasteiger partial charge in [0.15, 0.2) is 17.2 Å². The smallest absolute Gasteiger partial charge is 0.249 e. The van der Waals surface area contributed by atoms with Crippen LogP contribution >= 0.6 is 11.6 Å². The van der Waals surface area contributed by atoms with Crippen LogP contribution in [0.15, 0.2) is 48.5 Å². The van der Waals surface area contributed by atoms with E-state index >= 15 is 8.78 Å². The second-order valence-electron chi connectivity index (χ2n) is 13.0. The van der Waals surface area contributed by atoms with Crippen LogP contribution in [0, 0.1) is 23.5 Å². The summed E-state index contributed by atoms with van der Waals surface area (Å²) in [5.74, 6) is -2.38. The van der Waals surface area contributed by atoms with E-state index in [0.29, 0.717) is 24.6 Å². The van der Waals surface area contributed by atoms with Gasteiger partial charge in [-0.3, -0.25) is 9.59 Å². The summed E-state index contributed by atoms with van der Waals surface area (Å²) in [6.07, 6.45) is 4.17. The summed E-state index contributed by atoms with van der Waals surface area (Å²) in [5.41, 5.74) is 11.4. The van der Waals surface area contributed by atoms with Crippen molar-refractivity contribution in [3.05, 3.63) is 81.9 Å². The second-order valence-corrected chi connectivity index (χ2v) is 13.4. The number of carbonyl (C=O) groups is 2. The standard InChI is InChI=1S/C36H41ClF2N4O4/c1-20-29-28(16-26(38)32(37)31(29)30-25(34(41)44)12-13-27(46-2)33(30)39)47-36(20,23-6-4-3-5-7-23)19-42-24-10-8-22(9-11-24)35(45)43-15-14-21(17-40)18-43/h3-7,12-13,16,20-22,24,42H,8-11,14-15,17-19,40H2,1-2H3,(H2,41,44)/t20-,21+,22?,24?,36-/m0/s1. The fraction of sp³-hybridized carbons (Fsp3) is 0.444. The van der Waals surface area contributed by atoms with Crippen molar-refractivity contribution in [2.24, 2.45) is 23.3 Å². The molecule has 3 aromatic rings. The lowest BCUT2D eigenvalue weighted by molar-refractivity contribution is -0.135. The van der Waals surface area contributed by atoms with Crippen LogP contribution < -0.4 is 26.3 Å². The summed E-state index contributed by atoms with van der Waals surface area (Å²) in [6.45, 7) is 4.41. The van der Waals surface area contributed by atoms with Crippen molar-refractivity contribution in [1.29, 1.82) is 0 Å². The van der Waals surface area contributed by atoms with Gasteiger partial charge in [-0.2, -0.15) is 0 Å². The number of benzene rings is 3. The number of hydrogen-bond donors (Lipinski definition) is 3. The third-order valence-electron chi connectivity index (χ3n) is 10.4. The van der Waals surface area contributed by atoms with E-state index in [2.05, 4.69) is 5.32 Å². The summed E-state index contributed by atoms with van der Waals surface area (Å²) in [4.78, 5) is 27.7. The molecule has 0 bridgehead atoms. The van der Waals surface area contributed by atoms with Crippen LogP contribution in [0.3, 0.4) is 0 Å². The van der Waals surface area contributed by atoms with Gasteiger partial charge in [-0.1, -0.05) is 48.9 Å². The zero-order chi connectivity index (χ0) is 33.5. The zero-order valence-electron chi connectivity index (χ0n) is 26.7. The predicted molar refractivity (Wildman–Crippen MR) is 177 cm³/mol. The van der Waals surface area contributed by atoms with Crippen molar-refractivity contribution >= 4 is 23.4 Å². The number of nitrogens with zero attached hydrogens (tertiary/aromatic N) is 1. The molecular formula is C36H41ClF2N4O4. The summed E-state index contributed by atoms with van der Waals surface area (Å²) in [7, 11) is 1.30. The normalized spacial score (nSPS) is 25.4. The van der Waals surface area contributed by atoms with Crippen LogP contribution in [0.2, 0.25) is 5.02 Å². The molecular weight excluding hydrogens is 626 g/mol. The number of rotatable bonds is 9. The molecule has 3 aromatic carbocycles. The Morgan fingerprint density at radius 2 is 1.81 bits per heavy atom. The Balaban J connectivity index is 1.31. The van der Waals surface area contributed by atoms with Crippen LogP contribution in [0.25, 0.3) is 11.1 Å². The quantitative estimate of drug-likeness (QED) is 0.268. The fourth-order valence-corrected chi connectivity index (χ4v) is 7.95. The van der Waals surface area contributed by atoms with Gasteiger partial charge in [0.2, 0.25) is 11.8 Å². The minimum Gasteiger partial charge on any atom is -0.494 e. The Labute approximate surface area is 278 Å². The van der Waals surface area contributed by atoms with E-state index in [-0.39, 0.29) is 51.1 Å². The van der Waals surface area contributed by atoms with Crippen LogP contribution in [0.4, 0.5) is 8.78 Å². The molecule has 8 nitrogen and oxygen atoms in total. The van der Waals surface area contributed by atoms with E-state index in [4.69, 9.17) is 32.5 Å². The number of fused-ring (bicyclic) bond motifs is 1. The van der Waals surface area contributed by atoms with Gasteiger partial charge in [0.1, 0.15) is 11.6 Å². The number of primary amides is 1. The molecule has 0 unspecified atom stereocenters. The highest BCUT2D eigenvalue weighted by molar-refractivity contribution is 6.34. The molecule has 250 valence electrons. The van der Waals surface area contributed by atoms with E-state index in [1.807, 2.05) is 42.2 Å². The molecule has 6 rings (SSSR count). The molecule has 2 heterocycles. The van der Waals surface area contributed by atoms with E-state index < -0.39 is 29.1 Å². The van der Waals surface area contributed by atoms with Crippen LogP contribution in [0.5, 0.6) is 11.5 Å². The minimum atomic E-state index is -1.03. The van der Waals surface area contributed by atoms with Crippen molar-refractivity contribution in [2.45, 2.75) is 56.6 Å². The van der Waals surface area contributed by atoms with E-state index in [0.717, 1.165) is 50.8 Å². The van der Waals surface area contributed by atoms with Crippen LogP contribution in [-0.4, -0.2) is 56.0 Å². The Kier molecular flexibility index (Phi) is 9.47. The highest BCUT2D eigenvalue weighted by atomic mass is 35.5. The molecule has 0 aromatic heterocycles. The first-order chi connectivity index (χ1) is 22.6. The van der Waals surface area contributed by atoms with E-state index in [1.54, 1.807) is 0 Å². The molecule has 3 aliphatic rings. The van der Waals surface area contributed by atoms with Gasteiger partial charge < -0.3 is 31.2 Å². The maximum absolute atomic E-state index is 16.0. The second kappa shape index (κ2) is 13.4. The first-order valence-corrected chi connectivity index (χ1v) is 16.6. The monoisotopic (exact) mass is 666 g/mol. The van der Waals surface area contributed by atoms with E-state index in [9.17, 15) is 9.59 Å². The number of nitrogens with two attached hydrogens (primary N) is 2. The van der Waals surface area contributed by atoms with Gasteiger partial charge in [0.05, 0.1) is 17.7 Å². The Bertz CT molecular complexity index is 1670. The lowest BCUT2D eigenvalue weighted by atomic mass is 9.77. The highest BCUT2D eigenvalue weighted by Crippen LogP contribution is 2.56. The molecule has 47 heavy (non-hydrogen) atoms. The topological polar surface area (TPSA) is 120 Å². The molecule has 1 saturated carbocycles. The summed E-state index contributed by atoms with van der Waals surface area (Å²) < 4.78 is 43.5. The number of ether oxygens (including phenoxy) is 2. The lowest BCUT2D eigenvalue weighted by Crippen LogP contribution is -2.48. The largest absolute Gasteiger partial charge is 0.494 e. The van der Waals surface area contributed by atoms with Gasteiger partial charge in [0.25, 0.3) is 0 Å². The summed E-state index contributed by atoms with van der Waals surface area (Å²) in [5, 5.41) is 3.36.